The lowest BCUT2D eigenvalue weighted by molar-refractivity contribution is -0.531. The van der Waals surface area contributed by atoms with Crippen molar-refractivity contribution < 1.29 is 9.68 Å². The molecule has 0 aromatic carbocycles. The van der Waals surface area contributed by atoms with Gasteiger partial charge in [0.05, 0.1) is 25.9 Å². The summed E-state index contributed by atoms with van der Waals surface area (Å²) in [4.78, 5) is 2.09. The molecule has 0 fully saturated rings. The number of amidine groups is 1. The first-order valence-corrected chi connectivity index (χ1v) is 10.9. The summed E-state index contributed by atoms with van der Waals surface area (Å²) in [7, 11) is 2.10. The lowest BCUT2D eigenvalue weighted by Crippen LogP contribution is -2.59. The van der Waals surface area contributed by atoms with E-state index in [0.717, 1.165) is 38.2 Å². The van der Waals surface area contributed by atoms with Crippen molar-refractivity contribution in [1.29, 1.82) is 0 Å². The molecule has 3 heteroatoms. The van der Waals surface area contributed by atoms with Gasteiger partial charge in [-0.3, -0.25) is 9.48 Å². The van der Waals surface area contributed by atoms with Gasteiger partial charge in [-0.05, 0) is 12.5 Å². The minimum atomic E-state index is -0.970. The van der Waals surface area contributed by atoms with Crippen LogP contribution in [0.4, 0.5) is 0 Å². The van der Waals surface area contributed by atoms with E-state index in [1.165, 1.54) is 70.6 Å². The van der Waals surface area contributed by atoms with Crippen LogP contribution in [0.5, 0.6) is 0 Å². The maximum absolute atomic E-state index is 13.1. The first kappa shape index (κ1) is 20.5. The van der Waals surface area contributed by atoms with Crippen LogP contribution in [0.3, 0.4) is 0 Å². The van der Waals surface area contributed by atoms with E-state index >= 15 is 0 Å². The van der Waals surface area contributed by atoms with Gasteiger partial charge in [0.2, 0.25) is 0 Å². The minimum Gasteiger partial charge on any atom is -0.812 e. The molecule has 2 rings (SSSR count). The van der Waals surface area contributed by atoms with E-state index < -0.39 is 5.72 Å². The number of rotatable bonds is 13. The van der Waals surface area contributed by atoms with Crippen molar-refractivity contribution in [2.75, 3.05) is 20.1 Å². The molecular formula is C22H40N2O. The van der Waals surface area contributed by atoms with Gasteiger partial charge >= 0.3 is 0 Å². The lowest BCUT2D eigenvalue weighted by Gasteiger charge is -2.41. The predicted molar refractivity (Wildman–Crippen MR) is 105 cm³/mol. The summed E-state index contributed by atoms with van der Waals surface area (Å²) in [5.41, 5.74) is -0.970. The Morgan fingerprint density at radius 2 is 1.52 bits per heavy atom. The molecule has 0 aliphatic carbocycles. The maximum Gasteiger partial charge on any atom is 0.270 e. The molecule has 0 N–H and O–H groups in total. The number of unbranched alkanes of at least 4 members (excludes halogenated alkanes) is 11. The Balaban J connectivity index is 1.48. The van der Waals surface area contributed by atoms with Crippen LogP contribution in [0.1, 0.15) is 96.8 Å². The summed E-state index contributed by atoms with van der Waals surface area (Å²) in [6.07, 6.45) is 22.0. The molecule has 1 atom stereocenters. The summed E-state index contributed by atoms with van der Waals surface area (Å²) < 4.78 is 2.22. The highest BCUT2D eigenvalue weighted by Crippen LogP contribution is 2.27. The SMILES string of the molecule is CCCCCCCCCCCCCCC1([O-])C=CC2=[N+](C)CCCN21. The van der Waals surface area contributed by atoms with Gasteiger partial charge in [-0.15, -0.1) is 0 Å². The van der Waals surface area contributed by atoms with Crippen molar-refractivity contribution in [3.8, 4) is 0 Å². The van der Waals surface area contributed by atoms with Crippen molar-refractivity contribution in [2.45, 2.75) is 103 Å². The van der Waals surface area contributed by atoms with E-state index in [-0.39, 0.29) is 0 Å². The number of fused-ring (bicyclic) bond motifs is 1. The van der Waals surface area contributed by atoms with Gasteiger partial charge in [-0.25, -0.2) is 0 Å². The number of hydrogen-bond acceptors (Lipinski definition) is 2. The molecule has 1 unspecified atom stereocenters. The molecule has 25 heavy (non-hydrogen) atoms. The zero-order valence-corrected chi connectivity index (χ0v) is 16.8. The van der Waals surface area contributed by atoms with E-state index in [1.807, 2.05) is 12.2 Å². The Morgan fingerprint density at radius 3 is 2.12 bits per heavy atom. The minimum absolute atomic E-state index is 0.762. The monoisotopic (exact) mass is 348 g/mol. The molecule has 144 valence electrons. The number of hydrogen-bond donors (Lipinski definition) is 0. The third-order valence-electron chi connectivity index (χ3n) is 5.88. The van der Waals surface area contributed by atoms with Crippen molar-refractivity contribution in [1.82, 2.24) is 4.90 Å². The fraction of sp³-hybridized carbons (Fsp3) is 0.864. The Hall–Kier alpha value is -0.830. The largest absolute Gasteiger partial charge is 0.812 e. The van der Waals surface area contributed by atoms with E-state index in [1.54, 1.807) is 0 Å². The van der Waals surface area contributed by atoms with Crippen LogP contribution in [0.2, 0.25) is 0 Å². The quantitative estimate of drug-likeness (QED) is 0.363. The highest BCUT2D eigenvalue weighted by atomic mass is 16.3. The predicted octanol–water partition coefficient (Wildman–Crippen LogP) is 4.45. The van der Waals surface area contributed by atoms with Crippen LogP contribution in [0, 0.1) is 0 Å². The molecule has 0 radical (unpaired) electrons. The molecule has 0 saturated carbocycles. The molecule has 0 spiro atoms. The lowest BCUT2D eigenvalue weighted by atomic mass is 10.0. The molecular weight excluding hydrogens is 308 g/mol. The second-order valence-electron chi connectivity index (χ2n) is 8.10. The molecule has 2 aliphatic heterocycles. The first-order valence-electron chi connectivity index (χ1n) is 10.9. The van der Waals surface area contributed by atoms with Gasteiger partial charge in [0, 0.05) is 12.5 Å². The van der Waals surface area contributed by atoms with Gasteiger partial charge in [0.1, 0.15) is 0 Å². The molecule has 0 amide bonds. The Kier molecular flexibility index (Phi) is 9.02. The Morgan fingerprint density at radius 1 is 0.960 bits per heavy atom. The fourth-order valence-corrected chi connectivity index (χ4v) is 4.23. The van der Waals surface area contributed by atoms with Crippen LogP contribution >= 0.6 is 0 Å². The normalized spacial score (nSPS) is 22.8. The van der Waals surface area contributed by atoms with Crippen molar-refractivity contribution in [2.24, 2.45) is 0 Å². The van der Waals surface area contributed by atoms with Gasteiger partial charge in [-0.1, -0.05) is 84.0 Å². The van der Waals surface area contributed by atoms with Gasteiger partial charge in [0.25, 0.3) is 5.84 Å². The molecule has 2 aliphatic rings. The van der Waals surface area contributed by atoms with E-state index in [2.05, 4.69) is 23.4 Å². The second kappa shape index (κ2) is 11.0. The average molecular weight is 349 g/mol. The molecule has 0 bridgehead atoms. The van der Waals surface area contributed by atoms with E-state index in [9.17, 15) is 5.11 Å². The summed E-state index contributed by atoms with van der Waals surface area (Å²) in [5.74, 6) is 1.14. The van der Waals surface area contributed by atoms with Crippen molar-refractivity contribution in [3.05, 3.63) is 12.2 Å². The standard InChI is InChI=1S/C22H40N2O/c1-3-4-5-6-7-8-9-10-11-12-13-14-17-22(25)18-16-21-23(2)19-15-20-24(21)22/h16,18H,3-15,17,19-20H2,1-2H3. The van der Waals surface area contributed by atoms with Crippen LogP contribution in [0.25, 0.3) is 0 Å². The van der Waals surface area contributed by atoms with Crippen molar-refractivity contribution in [3.63, 3.8) is 0 Å². The highest BCUT2D eigenvalue weighted by molar-refractivity contribution is 5.92. The molecule has 0 aromatic heterocycles. The van der Waals surface area contributed by atoms with Crippen LogP contribution in [0.15, 0.2) is 12.2 Å². The summed E-state index contributed by atoms with van der Waals surface area (Å²) >= 11 is 0. The highest BCUT2D eigenvalue weighted by Gasteiger charge is 2.38. The van der Waals surface area contributed by atoms with Gasteiger partial charge in [-0.2, -0.15) is 0 Å². The van der Waals surface area contributed by atoms with E-state index in [4.69, 9.17) is 0 Å². The Labute approximate surface area is 155 Å². The van der Waals surface area contributed by atoms with E-state index in [0.29, 0.717) is 0 Å². The molecule has 0 saturated heterocycles. The topological polar surface area (TPSA) is 29.3 Å². The Bertz CT molecular complexity index is 443. The summed E-state index contributed by atoms with van der Waals surface area (Å²) in [5, 5.41) is 13.1. The summed E-state index contributed by atoms with van der Waals surface area (Å²) in [6.45, 7) is 4.28. The van der Waals surface area contributed by atoms with Crippen LogP contribution in [-0.2, 0) is 0 Å². The van der Waals surface area contributed by atoms with Crippen LogP contribution < -0.4 is 5.11 Å². The molecule has 3 nitrogen and oxygen atoms in total. The third kappa shape index (κ3) is 6.44. The zero-order chi connectivity index (χ0) is 18.0. The van der Waals surface area contributed by atoms with Crippen molar-refractivity contribution >= 4 is 5.84 Å². The molecule has 0 aromatic rings. The fourth-order valence-electron chi connectivity index (χ4n) is 4.23. The first-order chi connectivity index (χ1) is 12.2. The average Bonchev–Trinajstić information content (AvgIpc) is 2.95. The maximum atomic E-state index is 13.1. The van der Waals surface area contributed by atoms with Gasteiger partial charge < -0.3 is 5.11 Å². The summed E-state index contributed by atoms with van der Waals surface area (Å²) in [6, 6.07) is 0. The number of nitrogens with zero attached hydrogens (tertiary/aromatic N) is 2. The van der Waals surface area contributed by atoms with Crippen LogP contribution in [-0.4, -0.2) is 41.2 Å². The zero-order valence-electron chi connectivity index (χ0n) is 16.8. The van der Waals surface area contributed by atoms with Gasteiger partial charge in [0.15, 0.2) is 0 Å². The second-order valence-corrected chi connectivity index (χ2v) is 8.10. The smallest absolute Gasteiger partial charge is 0.270 e. The third-order valence-corrected chi connectivity index (χ3v) is 5.88. The molecule has 2 heterocycles.